The molecule has 0 aliphatic carbocycles. The van der Waals surface area contributed by atoms with Crippen LogP contribution >= 0.6 is 0 Å². The third kappa shape index (κ3) is 2.35. The van der Waals surface area contributed by atoms with Gasteiger partial charge in [0.05, 0.1) is 10.2 Å². The Bertz CT molecular complexity index is 75.5. The van der Waals surface area contributed by atoms with Crippen molar-refractivity contribution < 1.29 is 18.9 Å². The van der Waals surface area contributed by atoms with E-state index in [1.165, 1.54) is 21.3 Å². The lowest BCUT2D eigenvalue weighted by Crippen LogP contribution is -2.39. The van der Waals surface area contributed by atoms with Gasteiger partial charge in [0.2, 0.25) is 0 Å². The first-order valence-electron chi connectivity index (χ1n) is 2.68. The third-order valence-electron chi connectivity index (χ3n) is 0.999. The van der Waals surface area contributed by atoms with Crippen molar-refractivity contribution in [3.63, 3.8) is 0 Å². The van der Waals surface area contributed by atoms with Crippen LogP contribution in [0, 0.1) is 0 Å². The molecule has 0 N–H and O–H groups in total. The molecule has 3 radical (unpaired) electrons. The number of hydrogen-bond acceptors (Lipinski definition) is 4. The monoisotopic (exact) mass is 163 g/mol. The summed E-state index contributed by atoms with van der Waals surface area (Å²) >= 11 is 0. The molecule has 0 saturated carbocycles. The van der Waals surface area contributed by atoms with Gasteiger partial charge in [-0.3, -0.25) is 0 Å². The van der Waals surface area contributed by atoms with Crippen LogP contribution in [0.15, 0.2) is 0 Å². The van der Waals surface area contributed by atoms with Crippen molar-refractivity contribution in [1.82, 2.24) is 0 Å². The largest absolute Gasteiger partial charge is 0.411 e. The maximum Gasteiger partial charge on any atom is 0.411 e. The Morgan fingerprint density at radius 1 is 1.10 bits per heavy atom. The van der Waals surface area contributed by atoms with Crippen LogP contribution in [0.25, 0.3) is 0 Å². The lowest BCUT2D eigenvalue weighted by atomic mass is 11.0. The normalized spacial score (nSPS) is 12.0. The summed E-state index contributed by atoms with van der Waals surface area (Å²) in [5, 5.41) is 0. The lowest BCUT2D eigenvalue weighted by Gasteiger charge is -2.26. The van der Waals surface area contributed by atoms with Crippen LogP contribution in [-0.2, 0) is 18.9 Å². The molecule has 0 heterocycles. The van der Waals surface area contributed by atoms with Crippen molar-refractivity contribution in [3.05, 3.63) is 0 Å². The van der Waals surface area contributed by atoms with Crippen molar-refractivity contribution in [2.75, 3.05) is 27.6 Å². The molecule has 0 rings (SSSR count). The second kappa shape index (κ2) is 4.81. The highest BCUT2D eigenvalue weighted by Gasteiger charge is 2.30. The summed E-state index contributed by atoms with van der Waals surface area (Å²) in [6.07, 6.45) is -1.10. The smallest absolute Gasteiger partial charge is 0.308 e. The van der Waals surface area contributed by atoms with E-state index in [4.69, 9.17) is 18.9 Å². The highest BCUT2D eigenvalue weighted by atomic mass is 28.1. The number of rotatable bonds is 5. The topological polar surface area (TPSA) is 36.9 Å². The number of hydrogen-bond donors (Lipinski definition) is 0. The second-order valence-corrected chi connectivity index (χ2v) is 1.69. The van der Waals surface area contributed by atoms with E-state index in [0.717, 1.165) is 0 Å². The summed E-state index contributed by atoms with van der Waals surface area (Å²) in [5.41, 5.74) is 0. The van der Waals surface area contributed by atoms with Gasteiger partial charge in [-0.25, -0.2) is 0 Å². The minimum atomic E-state index is -1.37. The fraction of sp³-hybridized carbons (Fsp3) is 1.00. The summed E-state index contributed by atoms with van der Waals surface area (Å²) in [6, 6.07) is 0. The van der Waals surface area contributed by atoms with Crippen molar-refractivity contribution in [3.8, 4) is 0 Å². The summed E-state index contributed by atoms with van der Waals surface area (Å²) in [4.78, 5) is 0. The molecule has 0 fully saturated rings. The zero-order valence-electron chi connectivity index (χ0n) is 6.34. The molecule has 0 aliphatic rings. The Balaban J connectivity index is 3.87. The molecule has 0 unspecified atom stereocenters. The van der Waals surface area contributed by atoms with Crippen LogP contribution < -0.4 is 0 Å². The quantitative estimate of drug-likeness (QED) is 0.411. The van der Waals surface area contributed by atoms with Crippen LogP contribution in [0.3, 0.4) is 0 Å². The van der Waals surface area contributed by atoms with Gasteiger partial charge in [-0.05, 0) is 0 Å². The van der Waals surface area contributed by atoms with E-state index in [1.54, 1.807) is 0 Å². The van der Waals surface area contributed by atoms with Crippen molar-refractivity contribution in [2.24, 2.45) is 0 Å². The van der Waals surface area contributed by atoms with Gasteiger partial charge in [0.1, 0.15) is 0 Å². The highest BCUT2D eigenvalue weighted by Crippen LogP contribution is 2.12. The van der Waals surface area contributed by atoms with Crippen LogP contribution in [0.1, 0.15) is 0 Å². The Labute approximate surface area is 63.8 Å². The molecule has 0 amide bonds. The number of methoxy groups -OCH3 is 3. The van der Waals surface area contributed by atoms with Crippen LogP contribution in [-0.4, -0.2) is 44.0 Å². The molecule has 0 aromatic carbocycles. The summed E-state index contributed by atoms with van der Waals surface area (Å²) in [6.45, 7) is 0. The van der Waals surface area contributed by atoms with Crippen LogP contribution in [0.5, 0.6) is 0 Å². The minimum Gasteiger partial charge on any atom is -0.308 e. The lowest BCUT2D eigenvalue weighted by molar-refractivity contribution is -0.475. The fourth-order valence-electron chi connectivity index (χ4n) is 0.515. The Hall–Kier alpha value is 0.0569. The van der Waals surface area contributed by atoms with Gasteiger partial charge in [0, 0.05) is 27.6 Å². The fourth-order valence-corrected chi connectivity index (χ4v) is 0.692. The molecule has 0 spiro atoms. The first kappa shape index (κ1) is 10.1. The zero-order chi connectivity index (χ0) is 8.04. The molecule has 10 heavy (non-hydrogen) atoms. The second-order valence-electron chi connectivity index (χ2n) is 1.40. The van der Waals surface area contributed by atoms with Gasteiger partial charge in [-0.2, -0.15) is 0 Å². The molecule has 0 bridgehead atoms. The van der Waals surface area contributed by atoms with E-state index in [-0.39, 0.29) is 6.23 Å². The van der Waals surface area contributed by atoms with Gasteiger partial charge in [0.15, 0.2) is 0 Å². The average molecular weight is 163 g/mol. The van der Waals surface area contributed by atoms with E-state index >= 15 is 0 Å². The predicted molar refractivity (Wildman–Crippen MR) is 35.5 cm³/mol. The summed E-state index contributed by atoms with van der Waals surface area (Å²) in [5.74, 6) is 0. The zero-order valence-corrected chi connectivity index (χ0v) is 7.34. The maximum absolute atomic E-state index is 4.92. The van der Waals surface area contributed by atoms with Gasteiger partial charge < -0.3 is 18.9 Å². The average Bonchev–Trinajstić information content (AvgIpc) is 2.01. The Kier molecular flexibility index (Phi) is 4.84. The van der Waals surface area contributed by atoms with Crippen molar-refractivity contribution >= 4 is 10.2 Å². The van der Waals surface area contributed by atoms with Gasteiger partial charge in [-0.1, -0.05) is 0 Å². The first-order chi connectivity index (χ1) is 4.74. The van der Waals surface area contributed by atoms with E-state index in [1.807, 2.05) is 0 Å². The van der Waals surface area contributed by atoms with E-state index in [2.05, 4.69) is 10.2 Å². The molecular formula is C5H11O4Si. The Morgan fingerprint density at radius 2 is 1.50 bits per heavy atom. The van der Waals surface area contributed by atoms with Gasteiger partial charge in [-0.15, -0.1) is 0 Å². The number of ether oxygens (including phenoxy) is 4. The first-order valence-corrected chi connectivity index (χ1v) is 3.39. The molecule has 0 saturated heterocycles. The van der Waals surface area contributed by atoms with Crippen LogP contribution in [0.4, 0.5) is 0 Å². The molecular weight excluding hydrogens is 152 g/mol. The van der Waals surface area contributed by atoms with Gasteiger partial charge >= 0.3 is 6.16 Å². The summed E-state index contributed by atoms with van der Waals surface area (Å²) in [7, 11) is 7.37. The minimum absolute atomic E-state index is 0.273. The van der Waals surface area contributed by atoms with E-state index in [0.29, 0.717) is 0 Å². The van der Waals surface area contributed by atoms with E-state index in [9.17, 15) is 0 Å². The third-order valence-corrected chi connectivity index (χ3v) is 1.14. The molecule has 4 nitrogen and oxygen atoms in total. The predicted octanol–water partition coefficient (Wildman–Crippen LogP) is -0.321. The molecule has 0 aromatic rings. The molecule has 5 heteroatoms. The van der Waals surface area contributed by atoms with Crippen molar-refractivity contribution in [2.45, 2.75) is 6.16 Å². The SMILES string of the molecule is COC(OC)(OC)OC[Si]. The van der Waals surface area contributed by atoms with Gasteiger partial charge in [0.25, 0.3) is 0 Å². The van der Waals surface area contributed by atoms with Crippen molar-refractivity contribution in [1.29, 1.82) is 0 Å². The molecule has 0 atom stereocenters. The molecule has 59 valence electrons. The molecule has 0 aliphatic heterocycles. The highest BCUT2D eigenvalue weighted by molar-refractivity contribution is 6.08. The Morgan fingerprint density at radius 3 is 1.60 bits per heavy atom. The maximum atomic E-state index is 4.92. The van der Waals surface area contributed by atoms with E-state index < -0.39 is 6.16 Å². The summed E-state index contributed by atoms with van der Waals surface area (Å²) < 4.78 is 19.3. The van der Waals surface area contributed by atoms with Crippen LogP contribution in [0.2, 0.25) is 0 Å². The molecule has 0 aromatic heterocycles. The standard InChI is InChI=1S/C5H11O4Si/c1-6-5(7-2,8-3)9-4-10/h4H2,1-3H3.